The molecule has 1 amide bonds. The second-order valence-electron chi connectivity index (χ2n) is 9.12. The lowest BCUT2D eigenvalue weighted by Crippen LogP contribution is -2.17. The molecule has 0 aliphatic carbocycles. The second kappa shape index (κ2) is 9.82. The zero-order valence-corrected chi connectivity index (χ0v) is 21.3. The van der Waals surface area contributed by atoms with E-state index in [1.165, 1.54) is 0 Å². The van der Waals surface area contributed by atoms with Gasteiger partial charge in [0.2, 0.25) is 0 Å². The Labute approximate surface area is 220 Å². The van der Waals surface area contributed by atoms with Gasteiger partial charge in [-0.15, -0.1) is 0 Å². The number of fused-ring (bicyclic) bond motifs is 2. The highest BCUT2D eigenvalue weighted by molar-refractivity contribution is 6.08. The maximum atomic E-state index is 13.0. The molecule has 186 valence electrons. The van der Waals surface area contributed by atoms with Crippen molar-refractivity contribution >= 4 is 34.1 Å². The van der Waals surface area contributed by atoms with Crippen LogP contribution < -0.4 is 5.43 Å². The van der Waals surface area contributed by atoms with Crippen LogP contribution in [0, 0.1) is 6.92 Å². The number of nitrogens with zero attached hydrogens (tertiary/aromatic N) is 4. The van der Waals surface area contributed by atoms with Crippen LogP contribution in [0.15, 0.2) is 108 Å². The molecule has 0 radical (unpaired) electrons. The summed E-state index contributed by atoms with van der Waals surface area (Å²) >= 11 is 0. The van der Waals surface area contributed by atoms with Crippen molar-refractivity contribution in [1.82, 2.24) is 19.5 Å². The van der Waals surface area contributed by atoms with Crippen LogP contribution >= 0.6 is 0 Å². The van der Waals surface area contributed by atoms with Gasteiger partial charge in [-0.05, 0) is 55.8 Å². The first kappa shape index (κ1) is 23.4. The van der Waals surface area contributed by atoms with Gasteiger partial charge in [-0.2, -0.15) is 5.10 Å². The number of carbonyl (C=O) groups excluding carboxylic acids is 1. The molecule has 0 spiro atoms. The van der Waals surface area contributed by atoms with Gasteiger partial charge in [-0.1, -0.05) is 66.7 Å². The molecule has 0 saturated heterocycles. The standard InChI is InChI=1S/C32H27N5O/c1-3-36-22(2)34-28-20-24(18-19-30(28)36)32(38)35-33-21-27-26-16-10-11-17-29(26)37(25-14-8-5-9-15-25)31(27)23-12-6-4-7-13-23/h4-21H,3H2,1-2H3,(H,35,38). The van der Waals surface area contributed by atoms with Crippen molar-refractivity contribution in [3.8, 4) is 16.9 Å². The Morgan fingerprint density at radius 3 is 2.37 bits per heavy atom. The first-order valence-electron chi connectivity index (χ1n) is 12.7. The normalized spacial score (nSPS) is 11.5. The number of para-hydroxylation sites is 2. The fourth-order valence-corrected chi connectivity index (χ4v) is 5.13. The van der Waals surface area contributed by atoms with Crippen molar-refractivity contribution in [2.75, 3.05) is 0 Å². The Balaban J connectivity index is 1.41. The molecule has 0 aliphatic heterocycles. The van der Waals surface area contributed by atoms with Crippen molar-refractivity contribution in [2.24, 2.45) is 5.10 Å². The van der Waals surface area contributed by atoms with Crippen LogP contribution in [0.25, 0.3) is 38.9 Å². The lowest BCUT2D eigenvalue weighted by molar-refractivity contribution is 0.0955. The van der Waals surface area contributed by atoms with E-state index in [0.29, 0.717) is 5.56 Å². The van der Waals surface area contributed by atoms with Crippen LogP contribution in [-0.4, -0.2) is 26.2 Å². The topological polar surface area (TPSA) is 64.2 Å². The molecule has 0 unspecified atom stereocenters. The maximum absolute atomic E-state index is 13.0. The SMILES string of the molecule is CCn1c(C)nc2cc(C(=O)NN=Cc3c(-c4ccccc4)n(-c4ccccc4)c4ccccc34)ccc21. The Morgan fingerprint density at radius 1 is 0.895 bits per heavy atom. The summed E-state index contributed by atoms with van der Waals surface area (Å²) in [6.07, 6.45) is 1.75. The van der Waals surface area contributed by atoms with Crippen LogP contribution in [0.5, 0.6) is 0 Å². The molecular weight excluding hydrogens is 470 g/mol. The lowest BCUT2D eigenvalue weighted by atomic mass is 10.1. The quantitative estimate of drug-likeness (QED) is 0.205. The van der Waals surface area contributed by atoms with E-state index in [1.54, 1.807) is 6.21 Å². The van der Waals surface area contributed by atoms with Gasteiger partial charge in [0.15, 0.2) is 0 Å². The summed E-state index contributed by atoms with van der Waals surface area (Å²) in [7, 11) is 0. The summed E-state index contributed by atoms with van der Waals surface area (Å²) < 4.78 is 4.37. The molecule has 2 heterocycles. The minimum Gasteiger partial charge on any atom is -0.329 e. The number of imidazole rings is 1. The predicted octanol–water partition coefficient (Wildman–Crippen LogP) is 6.74. The van der Waals surface area contributed by atoms with E-state index in [4.69, 9.17) is 0 Å². The van der Waals surface area contributed by atoms with Gasteiger partial charge in [-0.25, -0.2) is 10.4 Å². The summed E-state index contributed by atoms with van der Waals surface area (Å²) in [6, 6.07) is 34.4. The van der Waals surface area contributed by atoms with Crippen LogP contribution in [0.1, 0.15) is 28.7 Å². The third kappa shape index (κ3) is 4.06. The number of benzene rings is 4. The number of aromatic nitrogens is 3. The summed E-state index contributed by atoms with van der Waals surface area (Å²) in [5, 5.41) is 5.47. The third-order valence-electron chi connectivity index (χ3n) is 6.85. The molecule has 6 heteroatoms. The van der Waals surface area contributed by atoms with E-state index < -0.39 is 0 Å². The molecule has 0 saturated carbocycles. The molecule has 0 bridgehead atoms. The predicted molar refractivity (Wildman–Crippen MR) is 154 cm³/mol. The summed E-state index contributed by atoms with van der Waals surface area (Å²) in [5.41, 5.74) is 10.2. The molecule has 2 aromatic heterocycles. The van der Waals surface area contributed by atoms with Crippen molar-refractivity contribution < 1.29 is 4.79 Å². The molecule has 6 rings (SSSR count). The number of hydrogen-bond donors (Lipinski definition) is 1. The van der Waals surface area contributed by atoms with Gasteiger partial charge in [0, 0.05) is 28.7 Å². The van der Waals surface area contributed by atoms with E-state index in [-0.39, 0.29) is 5.91 Å². The zero-order chi connectivity index (χ0) is 26.1. The first-order chi connectivity index (χ1) is 18.7. The number of nitrogens with one attached hydrogen (secondary N) is 1. The zero-order valence-electron chi connectivity index (χ0n) is 21.3. The van der Waals surface area contributed by atoms with Gasteiger partial charge in [0.05, 0.1) is 28.5 Å². The van der Waals surface area contributed by atoms with Gasteiger partial charge < -0.3 is 9.13 Å². The molecule has 4 aromatic carbocycles. The number of carbonyl (C=O) groups is 1. The largest absolute Gasteiger partial charge is 0.329 e. The Hall–Kier alpha value is -4.97. The molecule has 6 aromatic rings. The fraction of sp³-hybridized carbons (Fsp3) is 0.0938. The van der Waals surface area contributed by atoms with E-state index in [0.717, 1.165) is 56.8 Å². The Kier molecular flexibility index (Phi) is 6.06. The molecule has 1 N–H and O–H groups in total. The smallest absolute Gasteiger partial charge is 0.271 e. The van der Waals surface area contributed by atoms with E-state index in [9.17, 15) is 4.79 Å². The Morgan fingerprint density at radius 2 is 1.61 bits per heavy atom. The van der Waals surface area contributed by atoms with Crippen molar-refractivity contribution in [3.05, 3.63) is 120 Å². The van der Waals surface area contributed by atoms with E-state index >= 15 is 0 Å². The van der Waals surface area contributed by atoms with Crippen LogP contribution in [0.3, 0.4) is 0 Å². The van der Waals surface area contributed by atoms with Crippen LogP contribution in [0.2, 0.25) is 0 Å². The molecular formula is C32H27N5O. The summed E-state index contributed by atoms with van der Waals surface area (Å²) in [5.74, 6) is 0.654. The highest BCUT2D eigenvalue weighted by Gasteiger charge is 2.19. The van der Waals surface area contributed by atoms with Gasteiger partial charge >= 0.3 is 0 Å². The highest BCUT2D eigenvalue weighted by Crippen LogP contribution is 2.35. The molecule has 0 aliphatic rings. The third-order valence-corrected chi connectivity index (χ3v) is 6.85. The summed E-state index contributed by atoms with van der Waals surface area (Å²) in [4.78, 5) is 17.6. The number of amides is 1. The molecule has 0 atom stereocenters. The average Bonchev–Trinajstić information content (AvgIpc) is 3.47. The van der Waals surface area contributed by atoms with E-state index in [2.05, 4.69) is 68.0 Å². The molecule has 0 fully saturated rings. The first-order valence-corrected chi connectivity index (χ1v) is 12.7. The minimum absolute atomic E-state index is 0.278. The van der Waals surface area contributed by atoms with Crippen LogP contribution in [-0.2, 0) is 6.54 Å². The lowest BCUT2D eigenvalue weighted by Gasteiger charge is -2.12. The highest BCUT2D eigenvalue weighted by atomic mass is 16.2. The number of hydrogen-bond acceptors (Lipinski definition) is 3. The van der Waals surface area contributed by atoms with Gasteiger partial charge in [0.25, 0.3) is 5.91 Å². The Bertz CT molecular complexity index is 1800. The molecule has 6 nitrogen and oxygen atoms in total. The minimum atomic E-state index is -0.278. The van der Waals surface area contributed by atoms with Gasteiger partial charge in [-0.3, -0.25) is 4.79 Å². The maximum Gasteiger partial charge on any atom is 0.271 e. The fourth-order valence-electron chi connectivity index (χ4n) is 5.13. The second-order valence-corrected chi connectivity index (χ2v) is 9.12. The van der Waals surface area contributed by atoms with Crippen molar-refractivity contribution in [1.29, 1.82) is 0 Å². The summed E-state index contributed by atoms with van der Waals surface area (Å²) in [6.45, 7) is 4.89. The van der Waals surface area contributed by atoms with E-state index in [1.807, 2.05) is 73.7 Å². The monoisotopic (exact) mass is 497 g/mol. The average molecular weight is 498 g/mol. The molecule has 38 heavy (non-hydrogen) atoms. The number of aryl methyl sites for hydroxylation is 2. The van der Waals surface area contributed by atoms with Crippen LogP contribution in [0.4, 0.5) is 0 Å². The number of hydrazone groups is 1. The van der Waals surface area contributed by atoms with Gasteiger partial charge in [0.1, 0.15) is 5.82 Å². The van der Waals surface area contributed by atoms with Crippen molar-refractivity contribution in [3.63, 3.8) is 0 Å². The number of rotatable bonds is 6. The van der Waals surface area contributed by atoms with Crippen molar-refractivity contribution in [2.45, 2.75) is 20.4 Å².